The Balaban J connectivity index is 1.72. The van der Waals surface area contributed by atoms with E-state index in [1.54, 1.807) is 22.8 Å². The van der Waals surface area contributed by atoms with Crippen LogP contribution in [0.3, 0.4) is 0 Å². The summed E-state index contributed by atoms with van der Waals surface area (Å²) in [5.41, 5.74) is 2.61. The van der Waals surface area contributed by atoms with Gasteiger partial charge in [-0.3, -0.25) is 9.78 Å². The van der Waals surface area contributed by atoms with Gasteiger partial charge in [-0.05, 0) is 20.2 Å². The smallest absolute Gasteiger partial charge is 0.265 e. The Morgan fingerprint density at radius 1 is 1.52 bits per heavy atom. The number of carbonyl (C=O) groups excluding carboxylic acids is 1. The molecule has 1 unspecified atom stereocenters. The number of morpholine rings is 1. The Bertz CT molecular complexity index is 662. The number of aromatic nitrogens is 3. The zero-order chi connectivity index (χ0) is 16.2. The van der Waals surface area contributed by atoms with E-state index in [4.69, 9.17) is 4.74 Å². The molecule has 1 aliphatic heterocycles. The first kappa shape index (κ1) is 16.0. The van der Waals surface area contributed by atoms with Gasteiger partial charge >= 0.3 is 0 Å². The van der Waals surface area contributed by atoms with Gasteiger partial charge in [0.05, 0.1) is 30.6 Å². The molecule has 1 amide bonds. The van der Waals surface area contributed by atoms with Crippen molar-refractivity contribution in [3.05, 3.63) is 40.4 Å². The summed E-state index contributed by atoms with van der Waals surface area (Å²) in [5.74, 6) is 0.622. The lowest BCUT2D eigenvalue weighted by Crippen LogP contribution is -2.42. The molecule has 2 aromatic rings. The van der Waals surface area contributed by atoms with Crippen LogP contribution in [0.1, 0.15) is 27.3 Å². The number of carbonyl (C=O) groups is 1. The first-order valence-corrected chi connectivity index (χ1v) is 8.27. The largest absolute Gasteiger partial charge is 0.367 e. The van der Waals surface area contributed by atoms with Crippen molar-refractivity contribution in [1.29, 1.82) is 0 Å². The van der Waals surface area contributed by atoms with Crippen molar-refractivity contribution < 1.29 is 9.53 Å². The zero-order valence-corrected chi connectivity index (χ0v) is 14.0. The fourth-order valence-electron chi connectivity index (χ4n) is 2.45. The maximum atomic E-state index is 12.4. The van der Waals surface area contributed by atoms with Crippen molar-refractivity contribution in [1.82, 2.24) is 24.8 Å². The molecule has 122 valence electrons. The maximum absolute atomic E-state index is 12.4. The number of ether oxygens (including phenoxy) is 1. The molecule has 0 aliphatic carbocycles. The third-order valence-electron chi connectivity index (χ3n) is 3.49. The molecule has 3 heterocycles. The second kappa shape index (κ2) is 7.12. The number of thiazole rings is 1. The minimum absolute atomic E-state index is 0.00903. The molecule has 1 atom stereocenters. The molecule has 0 bridgehead atoms. The minimum atomic E-state index is -0.289. The van der Waals surface area contributed by atoms with Gasteiger partial charge in [0, 0.05) is 19.3 Å². The van der Waals surface area contributed by atoms with Crippen molar-refractivity contribution in [2.45, 2.75) is 12.6 Å². The Labute approximate surface area is 138 Å². The molecule has 1 fully saturated rings. The third-order valence-corrected chi connectivity index (χ3v) is 4.26. The number of hydrogen-bond donors (Lipinski definition) is 0. The summed E-state index contributed by atoms with van der Waals surface area (Å²) in [6.07, 6.45) is 3.06. The van der Waals surface area contributed by atoms with Gasteiger partial charge in [0.2, 0.25) is 0 Å². The molecule has 8 heteroatoms. The summed E-state index contributed by atoms with van der Waals surface area (Å²) in [4.78, 5) is 29.8. The Morgan fingerprint density at radius 2 is 2.39 bits per heavy atom. The summed E-state index contributed by atoms with van der Waals surface area (Å²) >= 11 is 1.35. The average molecular weight is 333 g/mol. The van der Waals surface area contributed by atoms with Crippen molar-refractivity contribution in [2.75, 3.05) is 33.8 Å². The van der Waals surface area contributed by atoms with Crippen molar-refractivity contribution in [2.24, 2.45) is 0 Å². The lowest BCUT2D eigenvalue weighted by atomic mass is 10.2. The lowest BCUT2D eigenvalue weighted by molar-refractivity contribution is -0.0267. The molecular formula is C15H19N5O2S. The van der Waals surface area contributed by atoms with Crippen LogP contribution in [0.25, 0.3) is 0 Å². The van der Waals surface area contributed by atoms with Gasteiger partial charge in [-0.25, -0.2) is 9.97 Å². The SMILES string of the molecule is CN(C)Cc1ccnc(C2CN(C(=O)c3cncs3)CCO2)n1. The van der Waals surface area contributed by atoms with Crippen LogP contribution >= 0.6 is 11.3 Å². The normalized spacial score (nSPS) is 18.4. The fraction of sp³-hybridized carbons (Fsp3) is 0.467. The van der Waals surface area contributed by atoms with Crippen molar-refractivity contribution >= 4 is 17.2 Å². The van der Waals surface area contributed by atoms with Gasteiger partial charge in [-0.1, -0.05) is 0 Å². The van der Waals surface area contributed by atoms with E-state index in [-0.39, 0.29) is 12.0 Å². The number of rotatable bonds is 4. The minimum Gasteiger partial charge on any atom is -0.367 e. The van der Waals surface area contributed by atoms with Crippen LogP contribution in [0.2, 0.25) is 0 Å². The third kappa shape index (κ3) is 3.90. The van der Waals surface area contributed by atoms with Gasteiger partial charge in [-0.2, -0.15) is 0 Å². The van der Waals surface area contributed by atoms with Gasteiger partial charge < -0.3 is 14.5 Å². The molecule has 1 saturated heterocycles. The van der Waals surface area contributed by atoms with Crippen LogP contribution < -0.4 is 0 Å². The highest BCUT2D eigenvalue weighted by Crippen LogP contribution is 2.21. The van der Waals surface area contributed by atoms with Crippen LogP contribution in [0.5, 0.6) is 0 Å². The highest BCUT2D eigenvalue weighted by atomic mass is 32.1. The Morgan fingerprint density at radius 3 is 3.13 bits per heavy atom. The summed E-state index contributed by atoms with van der Waals surface area (Å²) in [7, 11) is 3.99. The van der Waals surface area contributed by atoms with E-state index in [0.717, 1.165) is 12.2 Å². The highest BCUT2D eigenvalue weighted by Gasteiger charge is 2.28. The molecule has 0 aromatic carbocycles. The van der Waals surface area contributed by atoms with E-state index in [1.807, 2.05) is 25.1 Å². The maximum Gasteiger partial charge on any atom is 0.265 e. The standard InChI is InChI=1S/C15H19N5O2S/c1-19(2)8-11-3-4-17-14(18-11)12-9-20(5-6-22-12)15(21)13-7-16-10-23-13/h3-4,7,10,12H,5-6,8-9H2,1-2H3. The monoisotopic (exact) mass is 333 g/mol. The molecule has 0 radical (unpaired) electrons. The summed E-state index contributed by atoms with van der Waals surface area (Å²) < 4.78 is 5.78. The van der Waals surface area contributed by atoms with Gasteiger partial charge in [0.15, 0.2) is 5.82 Å². The molecule has 0 spiro atoms. The topological polar surface area (TPSA) is 71.5 Å². The van der Waals surface area contributed by atoms with Crippen LogP contribution in [0.4, 0.5) is 0 Å². The predicted octanol–water partition coefficient (Wildman–Crippen LogP) is 1.21. The first-order chi connectivity index (χ1) is 11.1. The molecular weight excluding hydrogens is 314 g/mol. The number of hydrogen-bond acceptors (Lipinski definition) is 7. The van der Waals surface area contributed by atoms with Crippen molar-refractivity contribution in [3.8, 4) is 0 Å². The van der Waals surface area contributed by atoms with Crippen LogP contribution in [0, 0.1) is 0 Å². The molecule has 0 N–H and O–H groups in total. The highest BCUT2D eigenvalue weighted by molar-refractivity contribution is 7.11. The van der Waals surface area contributed by atoms with E-state index in [9.17, 15) is 4.79 Å². The predicted molar refractivity (Wildman–Crippen MR) is 86.1 cm³/mol. The molecule has 7 nitrogen and oxygen atoms in total. The summed E-state index contributed by atoms with van der Waals surface area (Å²) in [6.45, 7) is 2.26. The second-order valence-corrected chi connectivity index (χ2v) is 6.51. The second-order valence-electron chi connectivity index (χ2n) is 5.62. The first-order valence-electron chi connectivity index (χ1n) is 7.39. The Hall–Kier alpha value is -1.90. The van der Waals surface area contributed by atoms with E-state index in [1.165, 1.54) is 11.3 Å². The van der Waals surface area contributed by atoms with Crippen LogP contribution in [-0.2, 0) is 11.3 Å². The number of nitrogens with zero attached hydrogens (tertiary/aromatic N) is 5. The summed E-state index contributed by atoms with van der Waals surface area (Å²) in [5, 5.41) is 0. The van der Waals surface area contributed by atoms with Gasteiger partial charge in [0.1, 0.15) is 11.0 Å². The molecule has 2 aromatic heterocycles. The molecule has 3 rings (SSSR count). The molecule has 1 aliphatic rings. The van der Waals surface area contributed by atoms with E-state index in [0.29, 0.717) is 30.4 Å². The molecule has 23 heavy (non-hydrogen) atoms. The average Bonchev–Trinajstić information content (AvgIpc) is 3.08. The van der Waals surface area contributed by atoms with Gasteiger partial charge in [0.25, 0.3) is 5.91 Å². The lowest BCUT2D eigenvalue weighted by Gasteiger charge is -2.32. The summed E-state index contributed by atoms with van der Waals surface area (Å²) in [6, 6.07) is 1.90. The van der Waals surface area contributed by atoms with Crippen LogP contribution in [-0.4, -0.2) is 64.5 Å². The van der Waals surface area contributed by atoms with E-state index < -0.39 is 0 Å². The van der Waals surface area contributed by atoms with E-state index >= 15 is 0 Å². The fourth-order valence-corrected chi connectivity index (χ4v) is 3.03. The van der Waals surface area contributed by atoms with E-state index in [2.05, 4.69) is 15.0 Å². The number of amides is 1. The van der Waals surface area contributed by atoms with Gasteiger partial charge in [-0.15, -0.1) is 11.3 Å². The molecule has 0 saturated carbocycles. The quantitative estimate of drug-likeness (QED) is 0.837. The van der Waals surface area contributed by atoms with Crippen LogP contribution in [0.15, 0.2) is 24.0 Å². The Kier molecular flexibility index (Phi) is 4.94. The zero-order valence-electron chi connectivity index (χ0n) is 13.2. The van der Waals surface area contributed by atoms with Crippen molar-refractivity contribution in [3.63, 3.8) is 0 Å².